The number of halogens is 1. The van der Waals surface area contributed by atoms with E-state index < -0.39 is 0 Å². The Kier molecular flexibility index (Phi) is 4.27. The van der Waals surface area contributed by atoms with Crippen LogP contribution in [0.25, 0.3) is 11.0 Å². The van der Waals surface area contributed by atoms with E-state index in [1.165, 1.54) is 38.0 Å². The first-order valence-electron chi connectivity index (χ1n) is 7.57. The summed E-state index contributed by atoms with van der Waals surface area (Å²) < 4.78 is 2.29. The number of hydrogen-bond donors (Lipinski definition) is 0. The lowest BCUT2D eigenvalue weighted by atomic mass is 10.3. The maximum Gasteiger partial charge on any atom is 0.127 e. The minimum absolute atomic E-state index is 0.0470. The zero-order chi connectivity index (χ0) is 13.9. The molecule has 2 aromatic rings. The Morgan fingerprint density at radius 2 is 1.95 bits per heavy atom. The molecule has 1 aliphatic heterocycles. The van der Waals surface area contributed by atoms with Crippen molar-refractivity contribution < 1.29 is 0 Å². The molecule has 0 spiro atoms. The van der Waals surface area contributed by atoms with Gasteiger partial charge in [0.25, 0.3) is 0 Å². The molecule has 1 aromatic heterocycles. The van der Waals surface area contributed by atoms with Gasteiger partial charge in [-0.15, -0.1) is 11.6 Å². The van der Waals surface area contributed by atoms with E-state index in [2.05, 4.69) is 32.7 Å². The maximum atomic E-state index is 6.29. The van der Waals surface area contributed by atoms with E-state index in [0.717, 1.165) is 24.3 Å². The number of alkyl halides is 1. The smallest absolute Gasteiger partial charge is 0.127 e. The summed E-state index contributed by atoms with van der Waals surface area (Å²) in [5.41, 5.74) is 2.26. The Morgan fingerprint density at radius 1 is 1.20 bits per heavy atom. The van der Waals surface area contributed by atoms with Crippen molar-refractivity contribution in [1.82, 2.24) is 14.5 Å². The number of imidazole rings is 1. The van der Waals surface area contributed by atoms with Crippen molar-refractivity contribution in [3.63, 3.8) is 0 Å². The van der Waals surface area contributed by atoms with E-state index in [0.29, 0.717) is 0 Å². The van der Waals surface area contributed by atoms with E-state index in [4.69, 9.17) is 11.6 Å². The third-order valence-corrected chi connectivity index (χ3v) is 4.29. The van der Waals surface area contributed by atoms with Crippen molar-refractivity contribution in [3.05, 3.63) is 30.1 Å². The van der Waals surface area contributed by atoms with Crippen molar-refractivity contribution in [2.24, 2.45) is 0 Å². The van der Waals surface area contributed by atoms with Crippen LogP contribution in [0.1, 0.15) is 37.4 Å². The fourth-order valence-corrected chi connectivity index (χ4v) is 3.26. The Bertz CT molecular complexity index is 570. The number of hydrogen-bond acceptors (Lipinski definition) is 2. The van der Waals surface area contributed by atoms with Gasteiger partial charge in [-0.05, 0) is 58.0 Å². The molecule has 0 saturated carbocycles. The van der Waals surface area contributed by atoms with Gasteiger partial charge in [-0.2, -0.15) is 0 Å². The molecular weight excluding hydrogens is 270 g/mol. The second kappa shape index (κ2) is 6.15. The van der Waals surface area contributed by atoms with Crippen LogP contribution >= 0.6 is 11.6 Å². The molecule has 1 aliphatic rings. The van der Waals surface area contributed by atoms with E-state index in [1.54, 1.807) is 0 Å². The standard InChI is InChI=1S/C16H22ClN3/c1-13(17)16-18-14-7-2-3-8-15(14)20(16)12-6-11-19-9-4-5-10-19/h2-3,7-8,13H,4-6,9-12H2,1H3. The molecule has 1 aromatic carbocycles. The van der Waals surface area contributed by atoms with Gasteiger partial charge in [0.05, 0.1) is 16.4 Å². The SMILES string of the molecule is CC(Cl)c1nc2ccccc2n1CCCN1CCCC1. The molecule has 1 fully saturated rings. The number of aryl methyl sites for hydroxylation is 1. The van der Waals surface area contributed by atoms with Gasteiger partial charge >= 0.3 is 0 Å². The molecule has 1 unspecified atom stereocenters. The van der Waals surface area contributed by atoms with Crippen LogP contribution < -0.4 is 0 Å². The summed E-state index contributed by atoms with van der Waals surface area (Å²) in [6, 6.07) is 8.31. The molecule has 4 heteroatoms. The second-order valence-corrected chi connectivity index (χ2v) is 6.28. The monoisotopic (exact) mass is 291 g/mol. The molecule has 1 saturated heterocycles. The summed E-state index contributed by atoms with van der Waals surface area (Å²) >= 11 is 6.29. The molecule has 0 bridgehead atoms. The van der Waals surface area contributed by atoms with Crippen LogP contribution in [0.5, 0.6) is 0 Å². The van der Waals surface area contributed by atoms with Crippen LogP contribution in [0.4, 0.5) is 0 Å². The molecule has 3 nitrogen and oxygen atoms in total. The van der Waals surface area contributed by atoms with Gasteiger partial charge in [0, 0.05) is 6.54 Å². The zero-order valence-corrected chi connectivity index (χ0v) is 12.8. The fraction of sp³-hybridized carbons (Fsp3) is 0.562. The van der Waals surface area contributed by atoms with E-state index in [1.807, 2.05) is 13.0 Å². The molecule has 0 radical (unpaired) electrons. The van der Waals surface area contributed by atoms with E-state index in [-0.39, 0.29) is 5.38 Å². The van der Waals surface area contributed by atoms with Crippen LogP contribution in [0.15, 0.2) is 24.3 Å². The molecule has 0 N–H and O–H groups in total. The van der Waals surface area contributed by atoms with Gasteiger partial charge < -0.3 is 9.47 Å². The topological polar surface area (TPSA) is 21.1 Å². The minimum atomic E-state index is -0.0470. The lowest BCUT2D eigenvalue weighted by Gasteiger charge is -2.16. The first kappa shape index (κ1) is 13.9. The Hall–Kier alpha value is -1.06. The summed E-state index contributed by atoms with van der Waals surface area (Å²) in [7, 11) is 0. The van der Waals surface area contributed by atoms with Gasteiger partial charge in [0.2, 0.25) is 0 Å². The number of likely N-dealkylation sites (tertiary alicyclic amines) is 1. The average Bonchev–Trinajstić information content (AvgIpc) is 3.07. The van der Waals surface area contributed by atoms with Crippen LogP contribution in [-0.4, -0.2) is 34.1 Å². The van der Waals surface area contributed by atoms with E-state index >= 15 is 0 Å². The van der Waals surface area contributed by atoms with Crippen molar-refractivity contribution in [2.75, 3.05) is 19.6 Å². The van der Waals surface area contributed by atoms with Crippen molar-refractivity contribution in [3.8, 4) is 0 Å². The normalized spacial score (nSPS) is 17.9. The largest absolute Gasteiger partial charge is 0.327 e. The number of aromatic nitrogens is 2. The second-order valence-electron chi connectivity index (χ2n) is 5.63. The lowest BCUT2D eigenvalue weighted by Crippen LogP contribution is -2.21. The predicted molar refractivity (Wildman–Crippen MR) is 84.3 cm³/mol. The third-order valence-electron chi connectivity index (χ3n) is 4.09. The summed E-state index contributed by atoms with van der Waals surface area (Å²) in [5.74, 6) is 0.995. The highest BCUT2D eigenvalue weighted by Gasteiger charge is 2.15. The third kappa shape index (κ3) is 2.84. The number of para-hydroxylation sites is 2. The summed E-state index contributed by atoms with van der Waals surface area (Å²) in [6.07, 6.45) is 3.88. The highest BCUT2D eigenvalue weighted by Crippen LogP contribution is 2.24. The lowest BCUT2D eigenvalue weighted by molar-refractivity contribution is 0.325. The summed E-state index contributed by atoms with van der Waals surface area (Å²) in [5, 5.41) is -0.0470. The molecule has 20 heavy (non-hydrogen) atoms. The van der Waals surface area contributed by atoms with Crippen LogP contribution in [0, 0.1) is 0 Å². The van der Waals surface area contributed by atoms with Gasteiger partial charge in [-0.1, -0.05) is 12.1 Å². The van der Waals surface area contributed by atoms with Crippen LogP contribution in [-0.2, 0) is 6.54 Å². The molecule has 3 rings (SSSR count). The molecule has 0 aliphatic carbocycles. The Balaban J connectivity index is 1.76. The summed E-state index contributed by atoms with van der Waals surface area (Å²) in [4.78, 5) is 7.24. The first-order chi connectivity index (χ1) is 9.75. The van der Waals surface area contributed by atoms with Gasteiger partial charge in [0.15, 0.2) is 0 Å². The number of rotatable bonds is 5. The average molecular weight is 292 g/mol. The van der Waals surface area contributed by atoms with Crippen LogP contribution in [0.3, 0.4) is 0 Å². The van der Waals surface area contributed by atoms with Crippen LogP contribution in [0.2, 0.25) is 0 Å². The maximum absolute atomic E-state index is 6.29. The Labute approximate surface area is 125 Å². The minimum Gasteiger partial charge on any atom is -0.327 e. The summed E-state index contributed by atoms with van der Waals surface area (Å²) in [6.45, 7) is 6.72. The van der Waals surface area contributed by atoms with Crippen molar-refractivity contribution in [1.29, 1.82) is 0 Å². The van der Waals surface area contributed by atoms with Gasteiger partial charge in [-0.25, -0.2) is 4.98 Å². The predicted octanol–water partition coefficient (Wildman–Crippen LogP) is 3.82. The molecule has 0 amide bonds. The first-order valence-corrected chi connectivity index (χ1v) is 8.01. The zero-order valence-electron chi connectivity index (χ0n) is 12.1. The fourth-order valence-electron chi connectivity index (χ4n) is 3.09. The molecular formula is C16H22ClN3. The highest BCUT2D eigenvalue weighted by molar-refractivity contribution is 6.20. The number of benzene rings is 1. The van der Waals surface area contributed by atoms with Gasteiger partial charge in [-0.3, -0.25) is 0 Å². The number of fused-ring (bicyclic) bond motifs is 1. The number of nitrogens with zero attached hydrogens (tertiary/aromatic N) is 3. The van der Waals surface area contributed by atoms with E-state index in [9.17, 15) is 0 Å². The highest BCUT2D eigenvalue weighted by atomic mass is 35.5. The quantitative estimate of drug-likeness (QED) is 0.781. The molecule has 108 valence electrons. The van der Waals surface area contributed by atoms with Gasteiger partial charge in [0.1, 0.15) is 5.82 Å². The van der Waals surface area contributed by atoms with Crippen molar-refractivity contribution in [2.45, 2.75) is 38.1 Å². The van der Waals surface area contributed by atoms with Crippen molar-refractivity contribution >= 4 is 22.6 Å². The Morgan fingerprint density at radius 3 is 2.70 bits per heavy atom. The molecule has 2 heterocycles. The molecule has 1 atom stereocenters.